The maximum Gasteiger partial charge on any atom is 0.336 e. The number of aromatic carboxylic acids is 1. The largest absolute Gasteiger partial charge is 0.497 e. The van der Waals surface area contributed by atoms with Gasteiger partial charge in [0.15, 0.2) is 0 Å². The van der Waals surface area contributed by atoms with Crippen LogP contribution in [0.5, 0.6) is 5.75 Å². The Balaban J connectivity index is 2.42. The topological polar surface area (TPSA) is 46.5 Å². The molecular formula is C12H9ClO3S. The van der Waals surface area contributed by atoms with E-state index in [4.69, 9.17) is 21.4 Å². The Morgan fingerprint density at radius 2 is 2.18 bits per heavy atom. The average Bonchev–Trinajstić information content (AvgIpc) is 2.78. The normalized spacial score (nSPS) is 10.2. The Bertz CT molecular complexity index is 563. The third-order valence-electron chi connectivity index (χ3n) is 2.29. The zero-order chi connectivity index (χ0) is 12.4. The zero-order valence-corrected chi connectivity index (χ0v) is 10.5. The summed E-state index contributed by atoms with van der Waals surface area (Å²) >= 11 is 7.46. The van der Waals surface area contributed by atoms with Crippen molar-refractivity contribution in [2.24, 2.45) is 0 Å². The van der Waals surface area contributed by atoms with Crippen LogP contribution in [0.25, 0.3) is 10.4 Å². The number of carboxylic acids is 1. The van der Waals surface area contributed by atoms with Crippen LogP contribution >= 0.6 is 22.9 Å². The van der Waals surface area contributed by atoms with Crippen molar-refractivity contribution in [2.75, 3.05) is 7.11 Å². The van der Waals surface area contributed by atoms with E-state index in [9.17, 15) is 4.79 Å². The zero-order valence-electron chi connectivity index (χ0n) is 8.94. The second-order valence-corrected chi connectivity index (χ2v) is 4.67. The Morgan fingerprint density at radius 3 is 2.71 bits per heavy atom. The molecule has 17 heavy (non-hydrogen) atoms. The molecule has 0 radical (unpaired) electrons. The van der Waals surface area contributed by atoms with Gasteiger partial charge in [0.1, 0.15) is 5.75 Å². The molecule has 0 fully saturated rings. The fraction of sp³-hybridized carbons (Fsp3) is 0.0833. The van der Waals surface area contributed by atoms with Crippen molar-refractivity contribution in [3.8, 4) is 16.2 Å². The first-order chi connectivity index (χ1) is 8.11. The molecule has 0 aliphatic rings. The fourth-order valence-corrected chi connectivity index (χ4v) is 2.66. The number of hydrogen-bond donors (Lipinski definition) is 1. The summed E-state index contributed by atoms with van der Waals surface area (Å²) in [6, 6.07) is 6.93. The first-order valence-corrected chi connectivity index (χ1v) is 6.03. The summed E-state index contributed by atoms with van der Waals surface area (Å²) in [5.74, 6) is -0.258. The van der Waals surface area contributed by atoms with Crippen LogP contribution in [0.1, 0.15) is 10.4 Å². The first-order valence-electron chi connectivity index (χ1n) is 4.77. The number of hydrogen-bond acceptors (Lipinski definition) is 3. The van der Waals surface area contributed by atoms with E-state index in [1.165, 1.54) is 11.3 Å². The van der Waals surface area contributed by atoms with Gasteiger partial charge in [-0.15, -0.1) is 11.3 Å². The van der Waals surface area contributed by atoms with Crippen molar-refractivity contribution in [3.63, 3.8) is 0 Å². The predicted molar refractivity (Wildman–Crippen MR) is 68.3 cm³/mol. The quantitative estimate of drug-likeness (QED) is 0.922. The third kappa shape index (κ3) is 2.43. The van der Waals surface area contributed by atoms with Gasteiger partial charge in [0.05, 0.1) is 17.7 Å². The number of halogens is 1. The highest BCUT2D eigenvalue weighted by Gasteiger charge is 2.11. The second kappa shape index (κ2) is 4.77. The van der Waals surface area contributed by atoms with Crippen LogP contribution < -0.4 is 4.74 Å². The minimum Gasteiger partial charge on any atom is -0.497 e. The van der Waals surface area contributed by atoms with Gasteiger partial charge in [-0.05, 0) is 24.3 Å². The average molecular weight is 269 g/mol. The molecule has 0 aliphatic carbocycles. The molecule has 0 bridgehead atoms. The van der Waals surface area contributed by atoms with Crippen molar-refractivity contribution in [2.45, 2.75) is 0 Å². The van der Waals surface area contributed by atoms with Crippen LogP contribution in [-0.4, -0.2) is 18.2 Å². The van der Waals surface area contributed by atoms with Crippen molar-refractivity contribution in [3.05, 3.63) is 40.2 Å². The third-order valence-corrected chi connectivity index (χ3v) is 3.56. The number of ether oxygens (including phenoxy) is 1. The molecule has 2 aromatic rings. The Kier molecular flexibility index (Phi) is 3.36. The molecule has 1 aromatic carbocycles. The van der Waals surface area contributed by atoms with Crippen molar-refractivity contribution >= 4 is 28.9 Å². The van der Waals surface area contributed by atoms with E-state index in [1.54, 1.807) is 30.7 Å². The Labute approximate surface area is 107 Å². The van der Waals surface area contributed by atoms with E-state index in [2.05, 4.69) is 0 Å². The highest BCUT2D eigenvalue weighted by atomic mass is 35.5. The number of thiophene rings is 1. The molecule has 3 nitrogen and oxygen atoms in total. The lowest BCUT2D eigenvalue weighted by Crippen LogP contribution is -1.91. The van der Waals surface area contributed by atoms with E-state index >= 15 is 0 Å². The molecule has 0 atom stereocenters. The van der Waals surface area contributed by atoms with Crippen LogP contribution in [0.15, 0.2) is 29.6 Å². The van der Waals surface area contributed by atoms with Crippen LogP contribution in [0.2, 0.25) is 5.02 Å². The van der Waals surface area contributed by atoms with E-state index < -0.39 is 5.97 Å². The van der Waals surface area contributed by atoms with Crippen molar-refractivity contribution in [1.29, 1.82) is 0 Å². The molecule has 0 spiro atoms. The second-order valence-electron chi connectivity index (χ2n) is 3.35. The summed E-state index contributed by atoms with van der Waals surface area (Å²) in [5, 5.41) is 11.0. The van der Waals surface area contributed by atoms with Gasteiger partial charge in [-0.25, -0.2) is 4.79 Å². The standard InChI is InChI=1S/C12H9ClO3S/c1-16-8-2-3-9(10(13)5-8)11-4-7(6-17-11)12(14)15/h2-6H,1H3,(H,14,15). The molecule has 1 N–H and O–H groups in total. The van der Waals surface area contributed by atoms with Crippen LogP contribution in [-0.2, 0) is 0 Å². The molecule has 2 rings (SSSR count). The van der Waals surface area contributed by atoms with Gasteiger partial charge < -0.3 is 9.84 Å². The predicted octanol–water partition coefficient (Wildman–Crippen LogP) is 3.78. The molecule has 1 aromatic heterocycles. The molecule has 0 saturated heterocycles. The number of carboxylic acid groups (broad SMARTS) is 1. The van der Waals surface area contributed by atoms with Gasteiger partial charge in [0.25, 0.3) is 0 Å². The van der Waals surface area contributed by atoms with Gasteiger partial charge in [-0.1, -0.05) is 11.6 Å². The number of methoxy groups -OCH3 is 1. The summed E-state index contributed by atoms with van der Waals surface area (Å²) in [6.45, 7) is 0. The summed E-state index contributed by atoms with van der Waals surface area (Å²) in [4.78, 5) is 11.6. The molecule has 0 aliphatic heterocycles. The smallest absolute Gasteiger partial charge is 0.336 e. The first kappa shape index (κ1) is 12.0. The van der Waals surface area contributed by atoms with Crippen LogP contribution in [0, 0.1) is 0 Å². The Morgan fingerprint density at radius 1 is 1.41 bits per heavy atom. The fourth-order valence-electron chi connectivity index (χ4n) is 1.41. The van der Waals surface area contributed by atoms with Crippen LogP contribution in [0.4, 0.5) is 0 Å². The molecule has 0 amide bonds. The maximum absolute atomic E-state index is 10.8. The van der Waals surface area contributed by atoms with E-state index in [0.717, 1.165) is 10.4 Å². The highest BCUT2D eigenvalue weighted by Crippen LogP contribution is 2.34. The summed E-state index contributed by atoms with van der Waals surface area (Å²) in [7, 11) is 1.57. The monoisotopic (exact) mass is 268 g/mol. The van der Waals surface area contributed by atoms with E-state index in [1.807, 2.05) is 6.07 Å². The molecule has 0 unspecified atom stereocenters. The summed E-state index contributed by atoms with van der Waals surface area (Å²) < 4.78 is 5.05. The van der Waals surface area contributed by atoms with Gasteiger partial charge in [-0.2, -0.15) is 0 Å². The summed E-state index contributed by atoms with van der Waals surface area (Å²) in [5.41, 5.74) is 1.09. The van der Waals surface area contributed by atoms with Crippen molar-refractivity contribution in [1.82, 2.24) is 0 Å². The van der Waals surface area contributed by atoms with Crippen molar-refractivity contribution < 1.29 is 14.6 Å². The lowest BCUT2D eigenvalue weighted by Gasteiger charge is -2.04. The lowest BCUT2D eigenvalue weighted by atomic mass is 10.1. The molecule has 88 valence electrons. The number of carbonyl (C=O) groups is 1. The maximum atomic E-state index is 10.8. The van der Waals surface area contributed by atoms with E-state index in [-0.39, 0.29) is 5.56 Å². The molecular weight excluding hydrogens is 260 g/mol. The van der Waals surface area contributed by atoms with Crippen LogP contribution in [0.3, 0.4) is 0 Å². The SMILES string of the molecule is COc1ccc(-c2cc(C(=O)O)cs2)c(Cl)c1. The molecule has 5 heteroatoms. The molecule has 1 heterocycles. The van der Waals surface area contributed by atoms with Gasteiger partial charge >= 0.3 is 5.97 Å². The number of rotatable bonds is 3. The lowest BCUT2D eigenvalue weighted by molar-refractivity contribution is 0.0697. The van der Waals surface area contributed by atoms with E-state index in [0.29, 0.717) is 10.8 Å². The van der Waals surface area contributed by atoms with Gasteiger partial charge in [-0.3, -0.25) is 0 Å². The van der Waals surface area contributed by atoms with Gasteiger partial charge in [0.2, 0.25) is 0 Å². The molecule has 0 saturated carbocycles. The minimum absolute atomic E-state index is 0.275. The van der Waals surface area contributed by atoms with Gasteiger partial charge in [0, 0.05) is 15.8 Å². The Hall–Kier alpha value is -1.52. The summed E-state index contributed by atoms with van der Waals surface area (Å²) in [6.07, 6.45) is 0. The highest BCUT2D eigenvalue weighted by molar-refractivity contribution is 7.14. The number of benzene rings is 1. The minimum atomic E-state index is -0.933.